The zero-order valence-electron chi connectivity index (χ0n) is 17.5. The lowest BCUT2D eigenvalue weighted by Crippen LogP contribution is -2.30. The van der Waals surface area contributed by atoms with E-state index in [4.69, 9.17) is 23.2 Å². The first-order valence-corrected chi connectivity index (χ1v) is 12.3. The lowest BCUT2D eigenvalue weighted by molar-refractivity contribution is -0.137. The Morgan fingerprint density at radius 1 is 1.09 bits per heavy atom. The molecule has 4 rings (SSSR count). The molecule has 35 heavy (non-hydrogen) atoms. The fourth-order valence-electron chi connectivity index (χ4n) is 3.56. The molecule has 0 aliphatic rings. The van der Waals surface area contributed by atoms with Gasteiger partial charge in [0.2, 0.25) is 10.0 Å². The number of sulfonamides is 1. The van der Waals surface area contributed by atoms with Crippen molar-refractivity contribution in [1.82, 2.24) is 14.3 Å². The summed E-state index contributed by atoms with van der Waals surface area (Å²) in [6.45, 7) is 0. The molecule has 182 valence electrons. The number of benzene rings is 2. The van der Waals surface area contributed by atoms with Crippen molar-refractivity contribution in [3.05, 3.63) is 81.8 Å². The van der Waals surface area contributed by atoms with Gasteiger partial charge in [0.15, 0.2) is 0 Å². The van der Waals surface area contributed by atoms with Gasteiger partial charge in [-0.2, -0.15) is 13.2 Å². The molecule has 0 fully saturated rings. The molecular formula is C22H13Cl2F4N3O3S. The Labute approximate surface area is 206 Å². The molecule has 0 unspecified atom stereocenters. The van der Waals surface area contributed by atoms with Crippen LogP contribution in [0, 0.1) is 5.82 Å². The minimum atomic E-state index is -4.66. The minimum absolute atomic E-state index is 0.0457. The van der Waals surface area contributed by atoms with E-state index in [1.165, 1.54) is 41.2 Å². The topological polar surface area (TPSA) is 81.1 Å². The molecule has 0 aliphatic carbocycles. The van der Waals surface area contributed by atoms with Gasteiger partial charge in [0, 0.05) is 29.4 Å². The third kappa shape index (κ3) is 4.97. The first-order valence-electron chi connectivity index (χ1n) is 9.61. The van der Waals surface area contributed by atoms with Gasteiger partial charge >= 0.3 is 6.18 Å². The Morgan fingerprint density at radius 2 is 1.77 bits per heavy atom. The number of aromatic nitrogens is 2. The van der Waals surface area contributed by atoms with Crippen LogP contribution in [-0.4, -0.2) is 30.1 Å². The number of hydrogen-bond donors (Lipinski definition) is 1. The fourth-order valence-corrected chi connectivity index (χ4v) is 4.42. The molecule has 0 saturated carbocycles. The van der Waals surface area contributed by atoms with E-state index in [1.807, 2.05) is 0 Å². The maximum Gasteiger partial charge on any atom is 0.417 e. The monoisotopic (exact) mass is 545 g/mol. The average molecular weight is 546 g/mol. The fraction of sp³-hybridized carbons (Fsp3) is 0.0909. The van der Waals surface area contributed by atoms with Crippen molar-refractivity contribution in [2.45, 2.75) is 6.18 Å². The van der Waals surface area contributed by atoms with Crippen LogP contribution in [0.5, 0.6) is 0 Å². The molecule has 0 atom stereocenters. The average Bonchev–Trinajstić information content (AvgIpc) is 3.11. The van der Waals surface area contributed by atoms with Crippen molar-refractivity contribution in [3.8, 4) is 16.8 Å². The predicted molar refractivity (Wildman–Crippen MR) is 124 cm³/mol. The van der Waals surface area contributed by atoms with Crippen molar-refractivity contribution >= 4 is 50.2 Å². The molecule has 0 bridgehead atoms. The molecule has 0 spiro atoms. The Hall–Kier alpha value is -3.15. The quantitative estimate of drug-likeness (QED) is 0.326. The molecule has 2 aromatic carbocycles. The summed E-state index contributed by atoms with van der Waals surface area (Å²) < 4.78 is 81.5. The third-order valence-corrected chi connectivity index (χ3v) is 6.02. The summed E-state index contributed by atoms with van der Waals surface area (Å²) in [5, 5.41) is 0.213. The molecule has 2 aromatic heterocycles. The number of hydrogen-bond acceptors (Lipinski definition) is 4. The largest absolute Gasteiger partial charge is 0.417 e. The van der Waals surface area contributed by atoms with Crippen molar-refractivity contribution < 1.29 is 30.8 Å². The smallest absolute Gasteiger partial charge is 0.299 e. The standard InChI is InChI=1S/C22H13Cl2F4N3O3S/c1-35(33,34)30-21(32)14-7-17(24)19(8-18(14)25)31-10-15(13-6-11(23)9-29-20(13)31)12-4-2-3-5-16(12)22(26,27)28/h2-10H,1H3,(H,30,32). The molecule has 0 aliphatic heterocycles. The number of rotatable bonds is 4. The second kappa shape index (κ2) is 8.81. The summed E-state index contributed by atoms with van der Waals surface area (Å²) in [4.78, 5) is 16.3. The molecule has 1 N–H and O–H groups in total. The summed E-state index contributed by atoms with van der Waals surface area (Å²) in [6.07, 6.45) is -1.37. The van der Waals surface area contributed by atoms with Crippen molar-refractivity contribution in [2.75, 3.05) is 6.26 Å². The summed E-state index contributed by atoms with van der Waals surface area (Å²) in [6, 6.07) is 8.09. The number of amides is 1. The van der Waals surface area contributed by atoms with Gasteiger partial charge in [-0.05, 0) is 23.8 Å². The third-order valence-electron chi connectivity index (χ3n) is 4.95. The van der Waals surface area contributed by atoms with Crippen LogP contribution in [0.2, 0.25) is 10.0 Å². The Morgan fingerprint density at radius 3 is 2.43 bits per heavy atom. The molecule has 0 saturated heterocycles. The van der Waals surface area contributed by atoms with Gasteiger partial charge in [-0.15, -0.1) is 0 Å². The predicted octanol–water partition coefficient (Wildman–Crippen LogP) is 5.85. The first-order chi connectivity index (χ1) is 16.3. The molecule has 0 radical (unpaired) electrons. The van der Waals surface area contributed by atoms with Gasteiger partial charge < -0.3 is 0 Å². The van der Waals surface area contributed by atoms with E-state index in [2.05, 4.69) is 4.98 Å². The number of nitrogens with one attached hydrogen (secondary N) is 1. The number of fused-ring (bicyclic) bond motifs is 1. The number of carbonyl (C=O) groups excluding carboxylic acids is 1. The Bertz CT molecular complexity index is 1600. The lowest BCUT2D eigenvalue weighted by Gasteiger charge is -2.12. The van der Waals surface area contributed by atoms with E-state index >= 15 is 0 Å². The maximum absolute atomic E-state index is 14.8. The Kier molecular flexibility index (Phi) is 6.28. The molecule has 13 heteroatoms. The van der Waals surface area contributed by atoms with Gasteiger partial charge in [0.25, 0.3) is 5.91 Å². The second-order valence-corrected chi connectivity index (χ2v) is 10.1. The first kappa shape index (κ1) is 25.0. The minimum Gasteiger partial charge on any atom is -0.299 e. The summed E-state index contributed by atoms with van der Waals surface area (Å²) >= 11 is 12.3. The number of carbonyl (C=O) groups is 1. The normalized spacial score (nSPS) is 12.2. The maximum atomic E-state index is 14.8. The highest BCUT2D eigenvalue weighted by Gasteiger charge is 2.34. The number of halogens is 6. The van der Waals surface area contributed by atoms with E-state index in [-0.39, 0.29) is 37.9 Å². The van der Waals surface area contributed by atoms with Crippen LogP contribution < -0.4 is 4.72 Å². The summed E-state index contributed by atoms with van der Waals surface area (Å²) in [5.41, 5.74) is -1.51. The SMILES string of the molecule is CS(=O)(=O)NC(=O)c1cc(Cl)c(-n2cc(-c3ccccc3C(F)(F)F)c3cc(Cl)cnc32)cc1F. The van der Waals surface area contributed by atoms with Crippen LogP contribution in [0.1, 0.15) is 15.9 Å². The molecule has 6 nitrogen and oxygen atoms in total. The van der Waals surface area contributed by atoms with Gasteiger partial charge in [-0.3, -0.25) is 9.36 Å². The summed E-state index contributed by atoms with van der Waals surface area (Å²) in [5.74, 6) is -2.35. The van der Waals surface area contributed by atoms with Crippen LogP contribution in [0.3, 0.4) is 0 Å². The molecular weight excluding hydrogens is 533 g/mol. The number of nitrogens with zero attached hydrogens (tertiary/aromatic N) is 2. The van der Waals surface area contributed by atoms with E-state index in [1.54, 1.807) is 4.72 Å². The second-order valence-electron chi connectivity index (χ2n) is 7.47. The molecule has 4 aromatic rings. The highest BCUT2D eigenvalue weighted by atomic mass is 35.5. The Balaban J connectivity index is 1.95. The van der Waals surface area contributed by atoms with Crippen LogP contribution in [0.4, 0.5) is 17.6 Å². The zero-order valence-corrected chi connectivity index (χ0v) is 19.8. The van der Waals surface area contributed by atoms with Crippen LogP contribution in [0.25, 0.3) is 27.8 Å². The molecule has 2 heterocycles. The van der Waals surface area contributed by atoms with Gasteiger partial charge in [-0.1, -0.05) is 41.4 Å². The highest BCUT2D eigenvalue weighted by Crippen LogP contribution is 2.41. The zero-order chi connectivity index (χ0) is 25.7. The van der Waals surface area contributed by atoms with E-state index in [9.17, 15) is 30.8 Å². The van der Waals surface area contributed by atoms with Crippen molar-refractivity contribution in [2.24, 2.45) is 0 Å². The summed E-state index contributed by atoms with van der Waals surface area (Å²) in [7, 11) is -3.97. The highest BCUT2D eigenvalue weighted by molar-refractivity contribution is 7.89. The van der Waals surface area contributed by atoms with E-state index < -0.39 is 39.1 Å². The van der Waals surface area contributed by atoms with Crippen molar-refractivity contribution in [3.63, 3.8) is 0 Å². The van der Waals surface area contributed by atoms with E-state index in [0.717, 1.165) is 24.5 Å². The van der Waals surface area contributed by atoms with Gasteiger partial charge in [0.05, 0.1) is 33.1 Å². The number of pyridine rings is 1. The lowest BCUT2D eigenvalue weighted by atomic mass is 9.99. The van der Waals surface area contributed by atoms with E-state index in [0.29, 0.717) is 0 Å². The number of alkyl halides is 3. The van der Waals surface area contributed by atoms with Crippen LogP contribution >= 0.6 is 23.2 Å². The van der Waals surface area contributed by atoms with Crippen LogP contribution in [-0.2, 0) is 16.2 Å². The molecule has 1 amide bonds. The van der Waals surface area contributed by atoms with Gasteiger partial charge in [0.1, 0.15) is 11.5 Å². The van der Waals surface area contributed by atoms with Gasteiger partial charge in [-0.25, -0.2) is 22.5 Å². The van der Waals surface area contributed by atoms with Crippen molar-refractivity contribution in [1.29, 1.82) is 0 Å². The van der Waals surface area contributed by atoms with Crippen LogP contribution in [0.15, 0.2) is 54.9 Å².